The van der Waals surface area contributed by atoms with Gasteiger partial charge < -0.3 is 29.7 Å². The molecule has 0 spiro atoms. The Morgan fingerprint density at radius 1 is 0.727 bits per heavy atom. The summed E-state index contributed by atoms with van der Waals surface area (Å²) in [5, 5.41) is 21.6. The second-order valence-electron chi connectivity index (χ2n) is 6.98. The molecule has 3 aromatic carbocycles. The third-order valence-electron chi connectivity index (χ3n) is 4.76. The zero-order chi connectivity index (χ0) is 23.8. The number of carbonyl (C=O) groups is 1. The third-order valence-corrected chi connectivity index (χ3v) is 4.76. The van der Waals surface area contributed by atoms with Crippen LogP contribution < -0.4 is 19.5 Å². The van der Waals surface area contributed by atoms with E-state index in [1.807, 2.05) is 36.4 Å². The molecule has 170 valence electrons. The van der Waals surface area contributed by atoms with Gasteiger partial charge in [-0.15, -0.1) is 0 Å². The molecule has 0 bridgehead atoms. The molecular weight excluding hydrogens is 422 g/mol. The molecule has 3 rings (SSSR count). The van der Waals surface area contributed by atoms with E-state index >= 15 is 0 Å². The van der Waals surface area contributed by atoms with Gasteiger partial charge in [0.2, 0.25) is 11.7 Å². The van der Waals surface area contributed by atoms with Crippen LogP contribution in [0.15, 0.2) is 60.7 Å². The normalized spacial score (nSPS) is 11.0. The van der Waals surface area contributed by atoms with Crippen molar-refractivity contribution in [2.45, 2.75) is 0 Å². The van der Waals surface area contributed by atoms with Gasteiger partial charge in [0.25, 0.3) is 0 Å². The van der Waals surface area contributed by atoms with Crippen molar-refractivity contribution in [2.75, 3.05) is 26.6 Å². The molecule has 0 saturated carbocycles. The minimum atomic E-state index is -0.316. The molecule has 0 atom stereocenters. The Kier molecular flexibility index (Phi) is 7.60. The van der Waals surface area contributed by atoms with E-state index in [2.05, 4.69) is 5.32 Å². The van der Waals surface area contributed by atoms with E-state index in [1.165, 1.54) is 18.2 Å². The van der Waals surface area contributed by atoms with Crippen LogP contribution in [0.4, 0.5) is 5.69 Å². The number of benzene rings is 3. The van der Waals surface area contributed by atoms with Crippen LogP contribution in [0, 0.1) is 0 Å². The first kappa shape index (κ1) is 23.3. The summed E-state index contributed by atoms with van der Waals surface area (Å²) < 4.78 is 16.1. The van der Waals surface area contributed by atoms with Gasteiger partial charge in [0.15, 0.2) is 23.0 Å². The Bertz CT molecular complexity index is 1160. The fourth-order valence-corrected chi connectivity index (χ4v) is 3.07. The average Bonchev–Trinajstić information content (AvgIpc) is 2.83. The van der Waals surface area contributed by atoms with E-state index in [0.29, 0.717) is 28.5 Å². The number of aromatic hydroxyl groups is 2. The third kappa shape index (κ3) is 6.07. The lowest BCUT2D eigenvalue weighted by atomic mass is 10.1. The Labute approximate surface area is 192 Å². The highest BCUT2D eigenvalue weighted by molar-refractivity contribution is 6.02. The molecule has 0 aliphatic rings. The fraction of sp³-hybridized carbons (Fsp3) is 0.115. The Hall–Kier alpha value is -4.39. The molecular formula is C26H25NO6. The molecule has 0 heterocycles. The second kappa shape index (κ2) is 10.8. The van der Waals surface area contributed by atoms with Crippen LogP contribution in [0.1, 0.15) is 16.7 Å². The van der Waals surface area contributed by atoms with E-state index in [1.54, 1.807) is 45.6 Å². The number of methoxy groups -OCH3 is 3. The largest absolute Gasteiger partial charge is 0.504 e. The molecule has 1 amide bonds. The summed E-state index contributed by atoms with van der Waals surface area (Å²) in [7, 11) is 4.70. The van der Waals surface area contributed by atoms with Crippen LogP contribution in [0.25, 0.3) is 18.2 Å². The quantitative estimate of drug-likeness (QED) is 0.257. The summed E-state index contributed by atoms with van der Waals surface area (Å²) in [6, 6.07) is 15.4. The van der Waals surface area contributed by atoms with E-state index in [-0.39, 0.29) is 17.4 Å². The lowest BCUT2D eigenvalue weighted by Gasteiger charge is -2.12. The van der Waals surface area contributed by atoms with Crippen molar-refractivity contribution in [1.29, 1.82) is 0 Å². The number of rotatable bonds is 8. The standard InChI is InChI=1S/C26H25NO6/c1-31-23-15-19(16-24(32-2)26(23)33-3)5-4-17-6-10-20(11-7-17)27-25(30)13-9-18-8-12-21(28)22(29)14-18/h4-16,28-29H,1-3H3,(H,27,30)/b5-4+,13-9+. The molecule has 0 fully saturated rings. The van der Waals surface area contributed by atoms with Crippen molar-refractivity contribution in [2.24, 2.45) is 0 Å². The lowest BCUT2D eigenvalue weighted by Crippen LogP contribution is -2.07. The van der Waals surface area contributed by atoms with Crippen LogP contribution in [-0.4, -0.2) is 37.4 Å². The van der Waals surface area contributed by atoms with E-state index in [4.69, 9.17) is 14.2 Å². The number of phenols is 2. The van der Waals surface area contributed by atoms with Crippen LogP contribution in [-0.2, 0) is 4.79 Å². The van der Waals surface area contributed by atoms with Crippen LogP contribution in [0.2, 0.25) is 0 Å². The van der Waals surface area contributed by atoms with Crippen molar-refractivity contribution in [3.63, 3.8) is 0 Å². The predicted octanol–water partition coefficient (Wildman–Crippen LogP) is 4.95. The zero-order valence-corrected chi connectivity index (χ0v) is 18.5. The van der Waals surface area contributed by atoms with Crippen molar-refractivity contribution in [3.8, 4) is 28.7 Å². The number of phenolic OH excluding ortho intramolecular Hbond substituents is 2. The van der Waals surface area contributed by atoms with Gasteiger partial charge in [-0.1, -0.05) is 30.4 Å². The van der Waals surface area contributed by atoms with Crippen LogP contribution in [0.3, 0.4) is 0 Å². The molecule has 0 aliphatic carbocycles. The summed E-state index contributed by atoms with van der Waals surface area (Å²) in [6.07, 6.45) is 6.75. The van der Waals surface area contributed by atoms with Crippen molar-refractivity contribution < 1.29 is 29.2 Å². The van der Waals surface area contributed by atoms with Gasteiger partial charge in [-0.3, -0.25) is 4.79 Å². The number of hydrogen-bond donors (Lipinski definition) is 3. The molecule has 0 saturated heterocycles. The molecule has 0 aliphatic heterocycles. The van der Waals surface area contributed by atoms with Gasteiger partial charge in [-0.2, -0.15) is 0 Å². The fourth-order valence-electron chi connectivity index (χ4n) is 3.07. The minimum Gasteiger partial charge on any atom is -0.504 e. The molecule has 7 heteroatoms. The first-order valence-corrected chi connectivity index (χ1v) is 10.0. The van der Waals surface area contributed by atoms with Gasteiger partial charge in [0.1, 0.15) is 0 Å². The molecule has 33 heavy (non-hydrogen) atoms. The highest BCUT2D eigenvalue weighted by Gasteiger charge is 2.12. The van der Waals surface area contributed by atoms with Gasteiger partial charge in [0.05, 0.1) is 21.3 Å². The number of carbonyl (C=O) groups excluding carboxylic acids is 1. The maximum atomic E-state index is 12.1. The van der Waals surface area contributed by atoms with E-state index in [9.17, 15) is 15.0 Å². The van der Waals surface area contributed by atoms with Gasteiger partial charge >= 0.3 is 0 Å². The summed E-state index contributed by atoms with van der Waals surface area (Å²) in [6.45, 7) is 0. The highest BCUT2D eigenvalue weighted by atomic mass is 16.5. The summed E-state index contributed by atoms with van der Waals surface area (Å²) >= 11 is 0. The number of nitrogens with one attached hydrogen (secondary N) is 1. The number of ether oxygens (including phenoxy) is 3. The maximum absolute atomic E-state index is 12.1. The SMILES string of the molecule is COc1cc(/C=C/c2ccc(NC(=O)/C=C/c3ccc(O)c(O)c3)cc2)cc(OC)c1OC. The molecule has 0 aromatic heterocycles. The summed E-state index contributed by atoms with van der Waals surface area (Å²) in [5.41, 5.74) is 3.06. The number of amides is 1. The first-order chi connectivity index (χ1) is 15.9. The van der Waals surface area contributed by atoms with Crippen LogP contribution >= 0.6 is 0 Å². The van der Waals surface area contributed by atoms with Gasteiger partial charge in [-0.25, -0.2) is 0 Å². The van der Waals surface area contributed by atoms with Gasteiger partial charge in [-0.05, 0) is 59.2 Å². The molecule has 3 aromatic rings. The minimum absolute atomic E-state index is 0.212. The molecule has 7 nitrogen and oxygen atoms in total. The van der Waals surface area contributed by atoms with Crippen molar-refractivity contribution in [3.05, 3.63) is 77.4 Å². The molecule has 3 N–H and O–H groups in total. The number of anilines is 1. The summed E-state index contributed by atoms with van der Waals surface area (Å²) in [5.74, 6) is 0.913. The summed E-state index contributed by atoms with van der Waals surface area (Å²) in [4.78, 5) is 12.1. The monoisotopic (exact) mass is 447 g/mol. The first-order valence-electron chi connectivity index (χ1n) is 10.0. The van der Waals surface area contributed by atoms with Gasteiger partial charge in [0, 0.05) is 11.8 Å². The molecule has 0 unspecified atom stereocenters. The molecule has 0 radical (unpaired) electrons. The highest BCUT2D eigenvalue weighted by Crippen LogP contribution is 2.38. The Morgan fingerprint density at radius 2 is 1.33 bits per heavy atom. The van der Waals surface area contributed by atoms with Crippen molar-refractivity contribution in [1.82, 2.24) is 0 Å². The average molecular weight is 447 g/mol. The predicted molar refractivity (Wildman–Crippen MR) is 129 cm³/mol. The smallest absolute Gasteiger partial charge is 0.248 e. The lowest BCUT2D eigenvalue weighted by molar-refractivity contribution is -0.111. The Balaban J connectivity index is 1.65. The maximum Gasteiger partial charge on any atom is 0.248 e. The van der Waals surface area contributed by atoms with E-state index < -0.39 is 0 Å². The Morgan fingerprint density at radius 3 is 1.91 bits per heavy atom. The van der Waals surface area contributed by atoms with Crippen LogP contribution in [0.5, 0.6) is 28.7 Å². The second-order valence-corrected chi connectivity index (χ2v) is 6.98. The van der Waals surface area contributed by atoms with E-state index in [0.717, 1.165) is 11.1 Å². The number of hydrogen-bond acceptors (Lipinski definition) is 6. The topological polar surface area (TPSA) is 97.3 Å². The van der Waals surface area contributed by atoms with Crippen molar-refractivity contribution >= 4 is 29.8 Å². The zero-order valence-electron chi connectivity index (χ0n) is 18.5.